The number of sulfone groups is 1. The van der Waals surface area contributed by atoms with Crippen molar-refractivity contribution in [2.24, 2.45) is 17.6 Å². The first-order valence-corrected chi connectivity index (χ1v) is 9.60. The second-order valence-electron chi connectivity index (χ2n) is 6.45. The van der Waals surface area contributed by atoms with Crippen molar-refractivity contribution in [2.75, 3.05) is 0 Å². The Labute approximate surface area is 132 Å². The summed E-state index contributed by atoms with van der Waals surface area (Å²) in [6, 6.07) is 6.76. The van der Waals surface area contributed by atoms with Crippen LogP contribution in [0.3, 0.4) is 0 Å². The van der Waals surface area contributed by atoms with E-state index < -0.39 is 15.1 Å². The van der Waals surface area contributed by atoms with Gasteiger partial charge < -0.3 is 5.73 Å². The second kappa shape index (κ2) is 6.67. The number of rotatable bonds is 4. The first kappa shape index (κ1) is 16.8. The van der Waals surface area contributed by atoms with Crippen LogP contribution in [-0.2, 0) is 15.6 Å². The van der Waals surface area contributed by atoms with Gasteiger partial charge in [-0.15, -0.1) is 0 Å². The Hall–Kier alpha value is -0.580. The lowest BCUT2D eigenvalue weighted by molar-refractivity contribution is 0.261. The fourth-order valence-corrected chi connectivity index (χ4v) is 5.33. The van der Waals surface area contributed by atoms with Crippen molar-refractivity contribution in [1.82, 2.24) is 0 Å². The minimum Gasteiger partial charge on any atom is -0.327 e. The quantitative estimate of drug-likeness (QED) is 0.920. The van der Waals surface area contributed by atoms with E-state index in [1.54, 1.807) is 24.3 Å². The Morgan fingerprint density at radius 1 is 1.24 bits per heavy atom. The van der Waals surface area contributed by atoms with Crippen LogP contribution < -0.4 is 5.73 Å². The average Bonchev–Trinajstić information content (AvgIpc) is 2.41. The van der Waals surface area contributed by atoms with Gasteiger partial charge in [-0.3, -0.25) is 0 Å². The van der Waals surface area contributed by atoms with Crippen LogP contribution in [0, 0.1) is 11.8 Å². The van der Waals surface area contributed by atoms with Crippen LogP contribution in [0.5, 0.6) is 0 Å². The highest BCUT2D eigenvalue weighted by Crippen LogP contribution is 2.34. The molecule has 2 N–H and O–H groups in total. The summed E-state index contributed by atoms with van der Waals surface area (Å²) >= 11 is 5.84. The SMILES string of the molecule is CC(C)C1CCC(N)C(S(=O)(=O)Cc2ccc(Cl)cc2)C1. The lowest BCUT2D eigenvalue weighted by atomic mass is 9.79. The van der Waals surface area contributed by atoms with Gasteiger partial charge >= 0.3 is 0 Å². The van der Waals surface area contributed by atoms with Gasteiger partial charge in [-0.25, -0.2) is 8.42 Å². The van der Waals surface area contributed by atoms with E-state index in [1.807, 2.05) is 0 Å². The van der Waals surface area contributed by atoms with Crippen molar-refractivity contribution in [2.45, 2.75) is 50.2 Å². The first-order chi connectivity index (χ1) is 9.79. The molecule has 1 aromatic carbocycles. The van der Waals surface area contributed by atoms with E-state index in [2.05, 4.69) is 13.8 Å². The molecule has 1 aliphatic carbocycles. The van der Waals surface area contributed by atoms with Crippen LogP contribution in [0.2, 0.25) is 5.02 Å². The molecule has 0 spiro atoms. The van der Waals surface area contributed by atoms with Gasteiger partial charge in [0.15, 0.2) is 9.84 Å². The fraction of sp³-hybridized carbons (Fsp3) is 0.625. The molecule has 3 nitrogen and oxygen atoms in total. The molecule has 0 bridgehead atoms. The Bertz CT molecular complexity index is 568. The number of benzene rings is 1. The summed E-state index contributed by atoms with van der Waals surface area (Å²) in [5, 5.41) is 0.194. The van der Waals surface area contributed by atoms with Crippen LogP contribution >= 0.6 is 11.6 Å². The van der Waals surface area contributed by atoms with Gasteiger partial charge in [0.05, 0.1) is 11.0 Å². The van der Waals surface area contributed by atoms with Gasteiger partial charge in [0.25, 0.3) is 0 Å². The van der Waals surface area contributed by atoms with Crippen LogP contribution in [0.1, 0.15) is 38.7 Å². The Balaban J connectivity index is 2.15. The summed E-state index contributed by atoms with van der Waals surface area (Å²) in [6.45, 7) is 4.31. The van der Waals surface area contributed by atoms with Crippen molar-refractivity contribution < 1.29 is 8.42 Å². The average molecular weight is 330 g/mol. The maximum atomic E-state index is 12.7. The zero-order valence-corrected chi connectivity index (χ0v) is 14.2. The molecule has 2 rings (SSSR count). The molecule has 0 aromatic heterocycles. The van der Waals surface area contributed by atoms with Crippen molar-refractivity contribution >= 4 is 21.4 Å². The van der Waals surface area contributed by atoms with Gasteiger partial charge in [0.2, 0.25) is 0 Å². The zero-order valence-electron chi connectivity index (χ0n) is 12.6. The Morgan fingerprint density at radius 3 is 2.43 bits per heavy atom. The highest BCUT2D eigenvalue weighted by Gasteiger charge is 2.37. The number of hydrogen-bond acceptors (Lipinski definition) is 3. The third-order valence-corrected chi connectivity index (χ3v) is 7.02. The summed E-state index contributed by atoms with van der Waals surface area (Å²) in [5.41, 5.74) is 6.88. The molecule has 1 aliphatic rings. The summed E-state index contributed by atoms with van der Waals surface area (Å²) in [7, 11) is -3.23. The molecule has 1 aromatic rings. The van der Waals surface area contributed by atoms with E-state index in [0.717, 1.165) is 18.4 Å². The first-order valence-electron chi connectivity index (χ1n) is 7.51. The largest absolute Gasteiger partial charge is 0.327 e. The number of halogens is 1. The molecule has 0 heterocycles. The van der Waals surface area contributed by atoms with E-state index in [1.165, 1.54) is 0 Å². The summed E-state index contributed by atoms with van der Waals surface area (Å²) in [5.74, 6) is 1.01. The van der Waals surface area contributed by atoms with Crippen molar-refractivity contribution in [3.8, 4) is 0 Å². The van der Waals surface area contributed by atoms with Crippen molar-refractivity contribution in [3.63, 3.8) is 0 Å². The molecule has 21 heavy (non-hydrogen) atoms. The third kappa shape index (κ3) is 4.21. The molecule has 0 radical (unpaired) electrons. The minimum atomic E-state index is -3.23. The van der Waals surface area contributed by atoms with Crippen LogP contribution in [0.25, 0.3) is 0 Å². The predicted molar refractivity (Wildman–Crippen MR) is 88.0 cm³/mol. The molecule has 1 saturated carbocycles. The predicted octanol–water partition coefficient (Wildman–Crippen LogP) is 3.41. The van der Waals surface area contributed by atoms with E-state index in [9.17, 15) is 8.42 Å². The maximum absolute atomic E-state index is 12.7. The summed E-state index contributed by atoms with van der Waals surface area (Å²) in [6.07, 6.45) is 2.52. The molecule has 1 fully saturated rings. The number of nitrogens with two attached hydrogens (primary N) is 1. The molecular weight excluding hydrogens is 306 g/mol. The van der Waals surface area contributed by atoms with E-state index >= 15 is 0 Å². The van der Waals surface area contributed by atoms with Crippen molar-refractivity contribution in [3.05, 3.63) is 34.9 Å². The molecule has 118 valence electrons. The van der Waals surface area contributed by atoms with Gasteiger partial charge in [-0.05, 0) is 48.8 Å². The topological polar surface area (TPSA) is 60.2 Å². The molecular formula is C16H24ClNO2S. The lowest BCUT2D eigenvalue weighted by Gasteiger charge is -2.35. The van der Waals surface area contributed by atoms with Gasteiger partial charge in [0.1, 0.15) is 0 Å². The van der Waals surface area contributed by atoms with Crippen LogP contribution in [-0.4, -0.2) is 19.7 Å². The lowest BCUT2D eigenvalue weighted by Crippen LogP contribution is -2.46. The fourth-order valence-electron chi connectivity index (χ4n) is 3.12. The minimum absolute atomic E-state index is 0.0490. The van der Waals surface area contributed by atoms with Gasteiger partial charge in [0, 0.05) is 11.1 Å². The highest BCUT2D eigenvalue weighted by atomic mass is 35.5. The van der Waals surface area contributed by atoms with Gasteiger partial charge in [-0.2, -0.15) is 0 Å². The third-order valence-electron chi connectivity index (χ3n) is 4.57. The molecule has 3 atom stereocenters. The zero-order chi connectivity index (χ0) is 15.6. The number of hydrogen-bond donors (Lipinski definition) is 1. The van der Waals surface area contributed by atoms with E-state index in [4.69, 9.17) is 17.3 Å². The van der Waals surface area contributed by atoms with Crippen LogP contribution in [0.4, 0.5) is 0 Å². The molecule has 0 aliphatic heterocycles. The van der Waals surface area contributed by atoms with Gasteiger partial charge in [-0.1, -0.05) is 37.6 Å². The second-order valence-corrected chi connectivity index (χ2v) is 9.11. The van der Waals surface area contributed by atoms with E-state index in [0.29, 0.717) is 23.3 Å². The van der Waals surface area contributed by atoms with E-state index in [-0.39, 0.29) is 11.8 Å². The normalized spacial score (nSPS) is 27.0. The molecule has 0 amide bonds. The monoisotopic (exact) mass is 329 g/mol. The summed E-state index contributed by atoms with van der Waals surface area (Å²) in [4.78, 5) is 0. The van der Waals surface area contributed by atoms with Crippen molar-refractivity contribution in [1.29, 1.82) is 0 Å². The van der Waals surface area contributed by atoms with Crippen LogP contribution in [0.15, 0.2) is 24.3 Å². The molecule has 0 saturated heterocycles. The Morgan fingerprint density at radius 2 is 1.86 bits per heavy atom. The smallest absolute Gasteiger partial charge is 0.158 e. The maximum Gasteiger partial charge on any atom is 0.158 e. The standard InChI is InChI=1S/C16H24ClNO2S/c1-11(2)13-5-8-15(18)16(9-13)21(19,20)10-12-3-6-14(17)7-4-12/h3-4,6-7,11,13,15-16H,5,8-10,18H2,1-2H3. The molecule has 3 unspecified atom stereocenters. The Kier molecular flexibility index (Phi) is 5.33. The highest BCUT2D eigenvalue weighted by molar-refractivity contribution is 7.91. The molecule has 5 heteroatoms. The summed E-state index contributed by atoms with van der Waals surface area (Å²) < 4.78 is 25.4.